The van der Waals surface area contributed by atoms with Crippen molar-refractivity contribution >= 4 is 5.91 Å². The molecule has 0 spiro atoms. The molecule has 1 aliphatic heterocycles. The molecule has 0 aliphatic carbocycles. The number of hydrogen-bond acceptors (Lipinski definition) is 2. The zero-order chi connectivity index (χ0) is 11.3. The Bertz CT molecular complexity index is 204. The van der Waals surface area contributed by atoms with Gasteiger partial charge >= 0.3 is 0 Å². The summed E-state index contributed by atoms with van der Waals surface area (Å²) in [6.45, 7) is 9.33. The van der Waals surface area contributed by atoms with Crippen LogP contribution in [0, 0.1) is 5.92 Å². The van der Waals surface area contributed by atoms with Crippen LogP contribution in [0.25, 0.3) is 0 Å². The molecule has 0 aromatic carbocycles. The second-order valence-electron chi connectivity index (χ2n) is 4.78. The standard InChI is InChI=1S/C12H24N2O/c1-4-12(15)14-7-5-6-13-9-11(14)8-10(2)3/h10-11,13H,4-9H2,1-3H3. The zero-order valence-electron chi connectivity index (χ0n) is 10.3. The van der Waals surface area contributed by atoms with Crippen molar-refractivity contribution in [2.45, 2.75) is 46.1 Å². The van der Waals surface area contributed by atoms with E-state index in [9.17, 15) is 4.79 Å². The summed E-state index contributed by atoms with van der Waals surface area (Å²) in [5, 5.41) is 3.42. The van der Waals surface area contributed by atoms with E-state index in [1.165, 1.54) is 0 Å². The summed E-state index contributed by atoms with van der Waals surface area (Å²) in [7, 11) is 0. The first-order chi connectivity index (χ1) is 7.15. The summed E-state index contributed by atoms with van der Waals surface area (Å²) < 4.78 is 0. The molecule has 1 rings (SSSR count). The van der Waals surface area contributed by atoms with E-state index in [4.69, 9.17) is 0 Å². The van der Waals surface area contributed by atoms with Gasteiger partial charge in [0.2, 0.25) is 5.91 Å². The van der Waals surface area contributed by atoms with Crippen LogP contribution in [0.4, 0.5) is 0 Å². The quantitative estimate of drug-likeness (QED) is 0.771. The van der Waals surface area contributed by atoms with E-state index in [0.29, 0.717) is 24.3 Å². The Balaban J connectivity index is 2.62. The molecule has 0 bridgehead atoms. The van der Waals surface area contributed by atoms with Gasteiger partial charge in [-0.3, -0.25) is 4.79 Å². The van der Waals surface area contributed by atoms with Crippen molar-refractivity contribution in [3.05, 3.63) is 0 Å². The van der Waals surface area contributed by atoms with E-state index < -0.39 is 0 Å². The Kier molecular flexibility index (Phi) is 5.09. The highest BCUT2D eigenvalue weighted by Gasteiger charge is 2.24. The monoisotopic (exact) mass is 212 g/mol. The van der Waals surface area contributed by atoms with Gasteiger partial charge in [-0.15, -0.1) is 0 Å². The van der Waals surface area contributed by atoms with Crippen molar-refractivity contribution in [1.82, 2.24) is 10.2 Å². The van der Waals surface area contributed by atoms with Crippen LogP contribution in [0.2, 0.25) is 0 Å². The van der Waals surface area contributed by atoms with E-state index in [1.807, 2.05) is 6.92 Å². The average Bonchev–Trinajstić information content (AvgIpc) is 2.41. The summed E-state index contributed by atoms with van der Waals surface area (Å²) in [5.41, 5.74) is 0. The molecule has 1 amide bonds. The second kappa shape index (κ2) is 6.11. The number of carbonyl (C=O) groups is 1. The van der Waals surface area contributed by atoms with Gasteiger partial charge in [0.05, 0.1) is 0 Å². The largest absolute Gasteiger partial charge is 0.338 e. The molecule has 0 radical (unpaired) electrons. The van der Waals surface area contributed by atoms with Gasteiger partial charge in [0.1, 0.15) is 0 Å². The molecule has 1 heterocycles. The maximum absolute atomic E-state index is 11.8. The van der Waals surface area contributed by atoms with Crippen molar-refractivity contribution in [3.63, 3.8) is 0 Å². The Morgan fingerprint density at radius 1 is 1.53 bits per heavy atom. The van der Waals surface area contributed by atoms with Gasteiger partial charge in [0.15, 0.2) is 0 Å². The van der Waals surface area contributed by atoms with Gasteiger partial charge < -0.3 is 10.2 Å². The Morgan fingerprint density at radius 2 is 2.27 bits per heavy atom. The topological polar surface area (TPSA) is 32.3 Å². The molecule has 15 heavy (non-hydrogen) atoms. The predicted molar refractivity (Wildman–Crippen MR) is 62.7 cm³/mol. The van der Waals surface area contributed by atoms with Crippen LogP contribution in [-0.2, 0) is 4.79 Å². The van der Waals surface area contributed by atoms with E-state index >= 15 is 0 Å². The fourth-order valence-corrected chi connectivity index (χ4v) is 2.22. The predicted octanol–water partition coefficient (Wildman–Crippen LogP) is 1.63. The number of amides is 1. The van der Waals surface area contributed by atoms with Gasteiger partial charge in [-0.05, 0) is 25.3 Å². The first-order valence-electron chi connectivity index (χ1n) is 6.15. The first-order valence-corrected chi connectivity index (χ1v) is 6.15. The fourth-order valence-electron chi connectivity index (χ4n) is 2.22. The number of nitrogens with zero attached hydrogens (tertiary/aromatic N) is 1. The number of rotatable bonds is 3. The van der Waals surface area contributed by atoms with Crippen molar-refractivity contribution in [3.8, 4) is 0 Å². The molecule has 88 valence electrons. The van der Waals surface area contributed by atoms with E-state index in [0.717, 1.165) is 32.5 Å². The van der Waals surface area contributed by atoms with Crippen LogP contribution in [-0.4, -0.2) is 36.5 Å². The van der Waals surface area contributed by atoms with Gasteiger partial charge in [-0.25, -0.2) is 0 Å². The minimum absolute atomic E-state index is 0.310. The van der Waals surface area contributed by atoms with Crippen LogP contribution in [0.15, 0.2) is 0 Å². The van der Waals surface area contributed by atoms with Crippen molar-refractivity contribution in [2.24, 2.45) is 5.92 Å². The lowest BCUT2D eigenvalue weighted by Gasteiger charge is -2.30. The van der Waals surface area contributed by atoms with Crippen LogP contribution in [0.3, 0.4) is 0 Å². The summed E-state index contributed by atoms with van der Waals surface area (Å²) in [4.78, 5) is 13.9. The minimum atomic E-state index is 0.310. The maximum Gasteiger partial charge on any atom is 0.222 e. The van der Waals surface area contributed by atoms with E-state index in [1.54, 1.807) is 0 Å². The fraction of sp³-hybridized carbons (Fsp3) is 0.917. The molecule has 3 heteroatoms. The van der Waals surface area contributed by atoms with Gasteiger partial charge in [0, 0.05) is 25.6 Å². The molecule has 3 nitrogen and oxygen atoms in total. The highest BCUT2D eigenvalue weighted by molar-refractivity contribution is 5.76. The smallest absolute Gasteiger partial charge is 0.222 e. The average molecular weight is 212 g/mol. The van der Waals surface area contributed by atoms with Crippen LogP contribution < -0.4 is 5.32 Å². The van der Waals surface area contributed by atoms with Gasteiger partial charge in [-0.1, -0.05) is 20.8 Å². The lowest BCUT2D eigenvalue weighted by atomic mass is 10.0. The molecule has 0 saturated carbocycles. The molecular formula is C12H24N2O. The molecule has 1 N–H and O–H groups in total. The first kappa shape index (κ1) is 12.5. The highest BCUT2D eigenvalue weighted by atomic mass is 16.2. The van der Waals surface area contributed by atoms with Gasteiger partial charge in [0.25, 0.3) is 0 Å². The Morgan fingerprint density at radius 3 is 2.87 bits per heavy atom. The van der Waals surface area contributed by atoms with Crippen LogP contribution in [0.1, 0.15) is 40.0 Å². The van der Waals surface area contributed by atoms with E-state index in [2.05, 4.69) is 24.1 Å². The normalized spacial score (nSPS) is 22.9. The number of carbonyl (C=O) groups excluding carboxylic acids is 1. The lowest BCUT2D eigenvalue weighted by Crippen LogP contribution is -2.44. The molecule has 1 fully saturated rings. The third kappa shape index (κ3) is 3.82. The summed E-state index contributed by atoms with van der Waals surface area (Å²) in [6, 6.07) is 0.403. The molecule has 1 saturated heterocycles. The number of hydrogen-bond donors (Lipinski definition) is 1. The molecule has 1 atom stereocenters. The van der Waals surface area contributed by atoms with Gasteiger partial charge in [-0.2, -0.15) is 0 Å². The highest BCUT2D eigenvalue weighted by Crippen LogP contribution is 2.14. The summed E-state index contributed by atoms with van der Waals surface area (Å²) >= 11 is 0. The molecule has 1 unspecified atom stereocenters. The Hall–Kier alpha value is -0.570. The minimum Gasteiger partial charge on any atom is -0.338 e. The zero-order valence-corrected chi connectivity index (χ0v) is 10.3. The van der Waals surface area contributed by atoms with Crippen LogP contribution in [0.5, 0.6) is 0 Å². The van der Waals surface area contributed by atoms with Crippen molar-refractivity contribution < 1.29 is 4.79 Å². The molecule has 0 aromatic rings. The number of nitrogens with one attached hydrogen (secondary N) is 1. The maximum atomic E-state index is 11.8. The molecule has 1 aliphatic rings. The van der Waals surface area contributed by atoms with Crippen molar-refractivity contribution in [1.29, 1.82) is 0 Å². The lowest BCUT2D eigenvalue weighted by molar-refractivity contribution is -0.133. The SMILES string of the molecule is CCC(=O)N1CCCNCC1CC(C)C. The summed E-state index contributed by atoms with van der Waals surface area (Å²) in [6.07, 6.45) is 2.83. The van der Waals surface area contributed by atoms with E-state index in [-0.39, 0.29) is 0 Å². The third-order valence-corrected chi connectivity index (χ3v) is 2.94. The van der Waals surface area contributed by atoms with Crippen molar-refractivity contribution in [2.75, 3.05) is 19.6 Å². The summed E-state index contributed by atoms with van der Waals surface area (Å²) in [5.74, 6) is 0.964. The van der Waals surface area contributed by atoms with Crippen LogP contribution >= 0.6 is 0 Å². The molecular weight excluding hydrogens is 188 g/mol. The second-order valence-corrected chi connectivity index (χ2v) is 4.78. The third-order valence-electron chi connectivity index (χ3n) is 2.94. The molecule has 0 aromatic heterocycles. The Labute approximate surface area is 93.2 Å².